The van der Waals surface area contributed by atoms with E-state index < -0.39 is 25.1 Å². The minimum Gasteiger partial charge on any atom is -0.223 e. The number of hydrogen-bond donors (Lipinski definition) is 1. The first kappa shape index (κ1) is 17.1. The van der Waals surface area contributed by atoms with Crippen LogP contribution in [0.1, 0.15) is 32.8 Å². The van der Waals surface area contributed by atoms with Gasteiger partial charge in [0.1, 0.15) is 0 Å². The van der Waals surface area contributed by atoms with Crippen LogP contribution < -0.4 is 4.72 Å². The highest BCUT2D eigenvalue weighted by Gasteiger charge is 2.18. The van der Waals surface area contributed by atoms with Crippen molar-refractivity contribution in [3.05, 3.63) is 29.8 Å². The van der Waals surface area contributed by atoms with Crippen LogP contribution in [0, 0.1) is 0 Å². The predicted molar refractivity (Wildman–Crippen MR) is 79.7 cm³/mol. The Morgan fingerprint density at radius 3 is 2.05 bits per heavy atom. The van der Waals surface area contributed by atoms with Gasteiger partial charge in [-0.25, -0.2) is 21.6 Å². The fraction of sp³-hybridized carbons (Fsp3) is 0.538. The molecule has 0 fully saturated rings. The summed E-state index contributed by atoms with van der Waals surface area (Å²) < 4.78 is 49.4. The molecule has 0 bridgehead atoms. The summed E-state index contributed by atoms with van der Waals surface area (Å²) in [4.78, 5) is 0.257. The highest BCUT2D eigenvalue weighted by molar-refractivity contribution is 7.92. The lowest BCUT2D eigenvalue weighted by molar-refractivity contribution is 0.579. The van der Waals surface area contributed by atoms with Crippen LogP contribution in [0.4, 0.5) is 0 Å². The van der Waals surface area contributed by atoms with E-state index in [1.54, 1.807) is 32.9 Å². The molecule has 0 atom stereocenters. The van der Waals surface area contributed by atoms with Gasteiger partial charge in [0.15, 0.2) is 9.84 Å². The predicted octanol–water partition coefficient (Wildman–Crippen LogP) is 1.70. The molecule has 0 heterocycles. The van der Waals surface area contributed by atoms with E-state index in [1.165, 1.54) is 12.1 Å². The number of sulfone groups is 1. The molecule has 0 unspecified atom stereocenters. The molecule has 0 spiro atoms. The largest absolute Gasteiger partial charge is 0.223 e. The molecule has 1 rings (SSSR count). The standard InChI is InChI=1S/C13H21NO4S2/c1-4-9-19(15,16)14-10-12-5-7-13(8-6-12)20(17,18)11(2)3/h5-8,11,14H,4,9-10H2,1-3H3. The van der Waals surface area contributed by atoms with Crippen molar-refractivity contribution in [2.24, 2.45) is 0 Å². The molecule has 7 heteroatoms. The Morgan fingerprint density at radius 2 is 1.60 bits per heavy atom. The summed E-state index contributed by atoms with van der Waals surface area (Å²) in [5.41, 5.74) is 0.729. The third kappa shape index (κ3) is 4.57. The highest BCUT2D eigenvalue weighted by atomic mass is 32.2. The van der Waals surface area contributed by atoms with E-state index in [0.717, 1.165) is 5.56 Å². The second-order valence-corrected chi connectivity index (χ2v) is 9.31. The van der Waals surface area contributed by atoms with Gasteiger partial charge < -0.3 is 0 Å². The maximum Gasteiger partial charge on any atom is 0.211 e. The van der Waals surface area contributed by atoms with E-state index in [4.69, 9.17) is 0 Å². The van der Waals surface area contributed by atoms with E-state index in [1.807, 2.05) is 0 Å². The molecule has 0 aromatic heterocycles. The normalized spacial score (nSPS) is 12.8. The molecular weight excluding hydrogens is 298 g/mol. The summed E-state index contributed by atoms with van der Waals surface area (Å²) in [6, 6.07) is 6.28. The molecular formula is C13H21NO4S2. The summed E-state index contributed by atoms with van der Waals surface area (Å²) in [6.07, 6.45) is 0.556. The van der Waals surface area contributed by atoms with Crippen LogP contribution in [-0.4, -0.2) is 27.8 Å². The quantitative estimate of drug-likeness (QED) is 0.829. The van der Waals surface area contributed by atoms with Crippen LogP contribution >= 0.6 is 0 Å². The zero-order chi connectivity index (χ0) is 15.4. The first-order valence-electron chi connectivity index (χ1n) is 6.49. The first-order valence-corrected chi connectivity index (χ1v) is 9.69. The molecule has 20 heavy (non-hydrogen) atoms. The van der Waals surface area contributed by atoms with Gasteiger partial charge in [0, 0.05) is 6.54 Å². The minimum absolute atomic E-state index is 0.0901. The Hall–Kier alpha value is -0.920. The van der Waals surface area contributed by atoms with E-state index in [9.17, 15) is 16.8 Å². The summed E-state index contributed by atoms with van der Waals surface area (Å²) in [6.45, 7) is 5.22. The van der Waals surface area contributed by atoms with Gasteiger partial charge in [-0.3, -0.25) is 0 Å². The van der Waals surface area contributed by atoms with Gasteiger partial charge in [-0.1, -0.05) is 19.1 Å². The van der Waals surface area contributed by atoms with Crippen molar-refractivity contribution in [1.29, 1.82) is 0 Å². The average Bonchev–Trinajstić information content (AvgIpc) is 2.37. The lowest BCUT2D eigenvalue weighted by atomic mass is 10.2. The van der Waals surface area contributed by atoms with E-state index >= 15 is 0 Å². The van der Waals surface area contributed by atoms with E-state index in [-0.39, 0.29) is 17.2 Å². The summed E-state index contributed by atoms with van der Waals surface area (Å²) in [7, 11) is -6.53. The molecule has 5 nitrogen and oxygen atoms in total. The van der Waals surface area contributed by atoms with Crippen molar-refractivity contribution in [3.8, 4) is 0 Å². The number of sulfonamides is 1. The van der Waals surface area contributed by atoms with Crippen LogP contribution in [0.2, 0.25) is 0 Å². The second kappa shape index (κ2) is 6.69. The minimum atomic E-state index is -3.28. The van der Waals surface area contributed by atoms with Crippen molar-refractivity contribution >= 4 is 19.9 Å². The fourth-order valence-corrected chi connectivity index (χ4v) is 3.73. The van der Waals surface area contributed by atoms with Crippen LogP contribution in [-0.2, 0) is 26.4 Å². The van der Waals surface area contributed by atoms with Gasteiger partial charge in [0.25, 0.3) is 0 Å². The third-order valence-electron chi connectivity index (χ3n) is 2.84. The first-order chi connectivity index (χ1) is 9.19. The van der Waals surface area contributed by atoms with Gasteiger partial charge in [-0.2, -0.15) is 0 Å². The van der Waals surface area contributed by atoms with Gasteiger partial charge in [-0.15, -0.1) is 0 Å². The van der Waals surface area contributed by atoms with Crippen LogP contribution in [0.15, 0.2) is 29.2 Å². The van der Waals surface area contributed by atoms with E-state index in [2.05, 4.69) is 4.72 Å². The molecule has 1 N–H and O–H groups in total. The van der Waals surface area contributed by atoms with E-state index in [0.29, 0.717) is 6.42 Å². The third-order valence-corrected chi connectivity index (χ3v) is 6.54. The number of rotatable bonds is 7. The number of benzene rings is 1. The second-order valence-electron chi connectivity index (χ2n) is 4.88. The van der Waals surface area contributed by atoms with Crippen molar-refractivity contribution in [2.75, 3.05) is 5.75 Å². The van der Waals surface area contributed by atoms with Crippen molar-refractivity contribution in [2.45, 2.75) is 43.9 Å². The topological polar surface area (TPSA) is 80.3 Å². The van der Waals surface area contributed by atoms with Crippen LogP contribution in [0.5, 0.6) is 0 Å². The molecule has 0 saturated heterocycles. The smallest absolute Gasteiger partial charge is 0.211 e. The van der Waals surface area contributed by atoms with Gasteiger partial charge in [0.05, 0.1) is 15.9 Å². The molecule has 0 aliphatic carbocycles. The van der Waals surface area contributed by atoms with Gasteiger partial charge in [0.2, 0.25) is 10.0 Å². The zero-order valence-corrected chi connectivity index (χ0v) is 13.6. The Labute approximate surface area is 121 Å². The summed E-state index contributed by atoms with van der Waals surface area (Å²) >= 11 is 0. The highest BCUT2D eigenvalue weighted by Crippen LogP contribution is 2.16. The number of hydrogen-bond acceptors (Lipinski definition) is 4. The Kier molecular flexibility index (Phi) is 5.73. The molecule has 0 amide bonds. The molecule has 114 valence electrons. The Morgan fingerprint density at radius 1 is 1.05 bits per heavy atom. The summed E-state index contributed by atoms with van der Waals surface area (Å²) in [5, 5.41) is -0.476. The monoisotopic (exact) mass is 319 g/mol. The maximum absolute atomic E-state index is 11.9. The number of nitrogens with one attached hydrogen (secondary N) is 1. The van der Waals surface area contributed by atoms with Crippen LogP contribution in [0.25, 0.3) is 0 Å². The maximum atomic E-state index is 11.9. The summed E-state index contributed by atoms with van der Waals surface area (Å²) in [5.74, 6) is 0.0901. The van der Waals surface area contributed by atoms with Gasteiger partial charge >= 0.3 is 0 Å². The fourth-order valence-electron chi connectivity index (χ4n) is 1.60. The molecule has 0 saturated carbocycles. The average molecular weight is 319 g/mol. The molecule has 0 aliphatic rings. The van der Waals surface area contributed by atoms with Crippen molar-refractivity contribution in [3.63, 3.8) is 0 Å². The molecule has 0 radical (unpaired) electrons. The van der Waals surface area contributed by atoms with Crippen molar-refractivity contribution < 1.29 is 16.8 Å². The zero-order valence-electron chi connectivity index (χ0n) is 12.0. The SMILES string of the molecule is CCCS(=O)(=O)NCc1ccc(S(=O)(=O)C(C)C)cc1. The Bertz CT molecular complexity index is 631. The van der Waals surface area contributed by atoms with Gasteiger partial charge in [-0.05, 0) is 38.0 Å². The molecule has 1 aromatic rings. The molecule has 1 aromatic carbocycles. The lowest BCUT2D eigenvalue weighted by Gasteiger charge is -2.09. The molecule has 0 aliphatic heterocycles. The van der Waals surface area contributed by atoms with Crippen molar-refractivity contribution in [1.82, 2.24) is 4.72 Å². The lowest BCUT2D eigenvalue weighted by Crippen LogP contribution is -2.25. The van der Waals surface area contributed by atoms with Crippen LogP contribution in [0.3, 0.4) is 0 Å². The Balaban J connectivity index is 2.79.